The second-order valence-corrected chi connectivity index (χ2v) is 9.54. The van der Waals surface area contributed by atoms with Crippen molar-refractivity contribution in [2.45, 2.75) is 24.5 Å². The minimum Gasteiger partial charge on any atom is -0.504 e. The number of ether oxygens (including phenoxy) is 1. The fraction of sp³-hybridized carbons (Fsp3) is 0.308. The summed E-state index contributed by atoms with van der Waals surface area (Å²) in [5, 5.41) is 18.1. The van der Waals surface area contributed by atoms with Gasteiger partial charge in [-0.3, -0.25) is 18.7 Å². The molecule has 0 aliphatic heterocycles. The number of aromatic nitrogens is 4. The molecule has 0 atom stereocenters. The maximum Gasteiger partial charge on any atom is 0.332 e. The molecule has 38 heavy (non-hydrogen) atoms. The van der Waals surface area contributed by atoms with Gasteiger partial charge in [0.25, 0.3) is 5.56 Å². The number of hydrogen-bond donors (Lipinski definition) is 1. The molecule has 0 spiro atoms. The highest BCUT2D eigenvalue weighted by Crippen LogP contribution is 2.30. The molecule has 0 saturated heterocycles. The Labute approximate surface area is 222 Å². The molecule has 11 nitrogen and oxygen atoms in total. The lowest BCUT2D eigenvalue weighted by molar-refractivity contribution is -0.115. The Hall–Kier alpha value is -4.19. The summed E-state index contributed by atoms with van der Waals surface area (Å²) < 4.78 is 9.25. The van der Waals surface area contributed by atoms with Gasteiger partial charge in [0.1, 0.15) is 6.54 Å². The number of aryl methyl sites for hydroxylation is 3. The lowest BCUT2D eigenvalue weighted by atomic mass is 10.1. The Morgan fingerprint density at radius 3 is 2.61 bits per heavy atom. The van der Waals surface area contributed by atoms with Crippen molar-refractivity contribution in [3.05, 3.63) is 74.9 Å². The van der Waals surface area contributed by atoms with Crippen molar-refractivity contribution in [1.29, 1.82) is 0 Å². The van der Waals surface area contributed by atoms with Crippen molar-refractivity contribution in [1.82, 2.24) is 18.7 Å². The van der Waals surface area contributed by atoms with E-state index in [0.29, 0.717) is 22.9 Å². The van der Waals surface area contributed by atoms with E-state index in [9.17, 15) is 19.5 Å². The Morgan fingerprint density at radius 2 is 1.87 bits per heavy atom. The number of fused-ring (bicyclic) bond motifs is 1. The van der Waals surface area contributed by atoms with Crippen molar-refractivity contribution in [2.24, 2.45) is 24.3 Å². The van der Waals surface area contributed by atoms with Gasteiger partial charge in [-0.25, -0.2) is 9.78 Å². The first-order valence-corrected chi connectivity index (χ1v) is 12.9. The first-order chi connectivity index (χ1) is 18.3. The molecule has 0 fully saturated rings. The molecular weight excluding hydrogens is 508 g/mol. The summed E-state index contributed by atoms with van der Waals surface area (Å²) >= 11 is 1.19. The molecule has 0 unspecified atom stereocenters. The van der Waals surface area contributed by atoms with Gasteiger partial charge in [0, 0.05) is 26.7 Å². The molecule has 0 bridgehead atoms. The summed E-state index contributed by atoms with van der Waals surface area (Å²) in [6.07, 6.45) is 1.55. The van der Waals surface area contributed by atoms with Crippen LogP contribution in [0.25, 0.3) is 11.2 Å². The van der Waals surface area contributed by atoms with E-state index in [0.717, 1.165) is 17.4 Å². The molecule has 2 heterocycles. The molecule has 4 aromatic rings. The van der Waals surface area contributed by atoms with E-state index in [1.807, 2.05) is 30.3 Å². The highest BCUT2D eigenvalue weighted by atomic mass is 32.2. The average Bonchev–Trinajstić information content (AvgIpc) is 3.29. The number of hydrogen-bond acceptors (Lipinski definition) is 9. The summed E-state index contributed by atoms with van der Waals surface area (Å²) in [6.45, 7) is 0.350. The third kappa shape index (κ3) is 5.86. The molecule has 198 valence electrons. The van der Waals surface area contributed by atoms with Crippen LogP contribution in [-0.4, -0.2) is 49.0 Å². The number of methoxy groups -OCH3 is 1. The summed E-state index contributed by atoms with van der Waals surface area (Å²) in [5.41, 5.74) is 1.35. The number of Topliss-reactive ketones (excluding diaryl/α,β-unsaturated/α-hetero) is 1. The molecule has 12 heteroatoms. The van der Waals surface area contributed by atoms with E-state index >= 15 is 0 Å². The van der Waals surface area contributed by atoms with Gasteiger partial charge >= 0.3 is 5.69 Å². The number of rotatable bonds is 11. The van der Waals surface area contributed by atoms with E-state index in [1.165, 1.54) is 48.2 Å². The highest BCUT2D eigenvalue weighted by molar-refractivity contribution is 7.99. The average molecular weight is 537 g/mol. The number of nitrogens with zero attached hydrogens (tertiary/aromatic N) is 6. The third-order valence-electron chi connectivity index (χ3n) is 5.96. The summed E-state index contributed by atoms with van der Waals surface area (Å²) in [7, 11) is 4.44. The first-order valence-electron chi connectivity index (χ1n) is 11.9. The van der Waals surface area contributed by atoms with Crippen LogP contribution in [-0.2, 0) is 31.9 Å². The number of phenolic OH excluding ortho intramolecular Hbond substituents is 1. The van der Waals surface area contributed by atoms with Gasteiger partial charge in [-0.2, -0.15) is 10.2 Å². The van der Waals surface area contributed by atoms with Crippen molar-refractivity contribution < 1.29 is 14.6 Å². The van der Waals surface area contributed by atoms with Crippen LogP contribution in [0, 0.1) is 0 Å². The standard InChI is InChI=1S/C26H28N6O5S/c1-30-23-22(24(35)31(2)26(30)36)32(13-7-10-17-8-5-4-6-9-17)25(28-23)38-16-19(33)15-27-29-18-11-12-20(34)21(14-18)37-3/h4-6,8-9,11-12,14,34H,7,10,13,15-16H2,1-3H3. The molecule has 2 aromatic heterocycles. The number of carbonyl (C=O) groups is 1. The predicted octanol–water partition coefficient (Wildman–Crippen LogP) is 3.23. The monoisotopic (exact) mass is 536 g/mol. The van der Waals surface area contributed by atoms with E-state index in [1.54, 1.807) is 17.7 Å². The first kappa shape index (κ1) is 26.9. The molecule has 0 aliphatic rings. The van der Waals surface area contributed by atoms with Crippen LogP contribution in [0.5, 0.6) is 11.5 Å². The zero-order valence-corrected chi connectivity index (χ0v) is 22.1. The van der Waals surface area contributed by atoms with Gasteiger partial charge in [-0.15, -0.1) is 0 Å². The fourth-order valence-corrected chi connectivity index (χ4v) is 4.82. The molecule has 0 saturated carbocycles. The molecule has 4 rings (SSSR count). The second-order valence-electron chi connectivity index (χ2n) is 8.60. The molecule has 0 radical (unpaired) electrons. The lowest BCUT2D eigenvalue weighted by Crippen LogP contribution is -2.37. The van der Waals surface area contributed by atoms with Crippen LogP contribution in [0.3, 0.4) is 0 Å². The Bertz CT molecular complexity index is 1610. The zero-order valence-electron chi connectivity index (χ0n) is 21.3. The lowest BCUT2D eigenvalue weighted by Gasteiger charge is -2.09. The smallest absolute Gasteiger partial charge is 0.332 e. The van der Waals surface area contributed by atoms with Crippen molar-refractivity contribution >= 4 is 34.4 Å². The number of ketones is 1. The van der Waals surface area contributed by atoms with Gasteiger partial charge in [-0.05, 0) is 30.5 Å². The van der Waals surface area contributed by atoms with Gasteiger partial charge in [0.15, 0.2) is 33.6 Å². The van der Waals surface area contributed by atoms with Gasteiger partial charge in [0.05, 0.1) is 18.6 Å². The highest BCUT2D eigenvalue weighted by Gasteiger charge is 2.20. The molecule has 2 aromatic carbocycles. The van der Waals surface area contributed by atoms with Gasteiger partial charge in [0.2, 0.25) is 0 Å². The summed E-state index contributed by atoms with van der Waals surface area (Å²) in [6, 6.07) is 14.5. The van der Waals surface area contributed by atoms with Crippen LogP contribution < -0.4 is 16.0 Å². The Morgan fingerprint density at radius 1 is 1.11 bits per heavy atom. The van der Waals surface area contributed by atoms with E-state index in [-0.39, 0.29) is 35.2 Å². The topological polar surface area (TPSA) is 133 Å². The normalized spacial score (nSPS) is 11.4. The van der Waals surface area contributed by atoms with E-state index < -0.39 is 11.2 Å². The van der Waals surface area contributed by atoms with Crippen LogP contribution in [0.4, 0.5) is 5.69 Å². The Kier molecular flexibility index (Phi) is 8.41. The van der Waals surface area contributed by atoms with Crippen LogP contribution in [0.2, 0.25) is 0 Å². The number of azo groups is 1. The minimum absolute atomic E-state index is 0.0158. The largest absolute Gasteiger partial charge is 0.504 e. The number of phenols is 1. The number of benzene rings is 2. The predicted molar refractivity (Wildman–Crippen MR) is 145 cm³/mol. The van der Waals surface area contributed by atoms with Crippen LogP contribution >= 0.6 is 11.8 Å². The minimum atomic E-state index is -0.463. The SMILES string of the molecule is COc1cc(N=NCC(=O)CSc2nc3c(c(=O)n(C)c(=O)n3C)n2CCCc2ccccc2)ccc1O. The molecule has 0 amide bonds. The summed E-state index contributed by atoms with van der Waals surface area (Å²) in [5.74, 6) is 0.121. The summed E-state index contributed by atoms with van der Waals surface area (Å²) in [4.78, 5) is 42.6. The van der Waals surface area contributed by atoms with Crippen molar-refractivity contribution in [3.63, 3.8) is 0 Å². The number of thioether (sulfide) groups is 1. The Balaban J connectivity index is 1.51. The number of imidazole rings is 1. The number of aromatic hydroxyl groups is 1. The van der Waals surface area contributed by atoms with Crippen LogP contribution in [0.15, 0.2) is 73.5 Å². The fourth-order valence-electron chi connectivity index (χ4n) is 3.95. The van der Waals surface area contributed by atoms with Gasteiger partial charge < -0.3 is 14.4 Å². The second kappa shape index (κ2) is 11.9. The van der Waals surface area contributed by atoms with Crippen molar-refractivity contribution in [3.8, 4) is 11.5 Å². The van der Waals surface area contributed by atoms with Crippen LogP contribution in [0.1, 0.15) is 12.0 Å². The maximum absolute atomic E-state index is 13.0. The van der Waals surface area contributed by atoms with E-state index in [4.69, 9.17) is 4.74 Å². The van der Waals surface area contributed by atoms with E-state index in [2.05, 4.69) is 15.2 Å². The quantitative estimate of drug-likeness (QED) is 0.230. The molecule has 0 aliphatic carbocycles. The molecule has 1 N–H and O–H groups in total. The molecular formula is C26H28N6O5S. The van der Waals surface area contributed by atoms with Crippen molar-refractivity contribution in [2.75, 3.05) is 19.4 Å². The maximum atomic E-state index is 13.0. The van der Waals surface area contributed by atoms with Gasteiger partial charge in [-0.1, -0.05) is 42.1 Å². The third-order valence-corrected chi connectivity index (χ3v) is 7.00. The zero-order chi connectivity index (χ0) is 27.2. The number of carbonyl (C=O) groups excluding carboxylic acids is 1.